The Morgan fingerprint density at radius 2 is 1.59 bits per heavy atom. The Morgan fingerprint density at radius 3 is 2.15 bits per heavy atom. The largest absolute Gasteiger partial charge is 0.464 e. The first-order valence-electron chi connectivity index (χ1n) is 10.6. The summed E-state index contributed by atoms with van der Waals surface area (Å²) in [5, 5.41) is 7.52. The van der Waals surface area contributed by atoms with Gasteiger partial charge in [-0.15, -0.1) is 0 Å². The van der Waals surface area contributed by atoms with Crippen LogP contribution in [0.3, 0.4) is 0 Å². The van der Waals surface area contributed by atoms with Crippen molar-refractivity contribution in [1.82, 2.24) is 4.90 Å². The number of carbonyl (C=O) groups is 1. The Labute approximate surface area is 166 Å². The number of carbonyl (C=O) groups excluding carboxylic acids is 1. The summed E-state index contributed by atoms with van der Waals surface area (Å²) in [6.45, 7) is 4.37. The number of nitrogens with one attached hydrogen (secondary N) is 1. The number of esters is 1. The number of unbranched alkanes of at least 4 members (excludes halogenated alkanes) is 7. The van der Waals surface area contributed by atoms with E-state index >= 15 is 0 Å². The fourth-order valence-corrected chi connectivity index (χ4v) is 2.85. The molecule has 0 rings (SSSR count). The van der Waals surface area contributed by atoms with Crippen LogP contribution in [0.1, 0.15) is 84.5 Å². The first-order valence-corrected chi connectivity index (χ1v) is 10.6. The second-order valence-electron chi connectivity index (χ2n) is 6.93. The van der Waals surface area contributed by atoms with Gasteiger partial charge >= 0.3 is 5.97 Å². The highest BCUT2D eigenvalue weighted by Gasteiger charge is 2.24. The quantitative estimate of drug-likeness (QED) is 0.127. The molecule has 0 saturated carbocycles. The lowest BCUT2D eigenvalue weighted by Gasteiger charge is -2.26. The minimum atomic E-state index is -0.452. The summed E-state index contributed by atoms with van der Waals surface area (Å²) >= 11 is 0. The molecule has 1 unspecified atom stereocenters. The van der Waals surface area contributed by atoms with Gasteiger partial charge in [0.2, 0.25) is 0 Å². The Kier molecular flexibility index (Phi) is 16.5. The molecule has 0 heterocycles. The van der Waals surface area contributed by atoms with E-state index in [2.05, 4.69) is 31.2 Å². The van der Waals surface area contributed by atoms with Crippen molar-refractivity contribution < 1.29 is 9.53 Å². The summed E-state index contributed by atoms with van der Waals surface area (Å²) in [6.07, 6.45) is 21.3. The summed E-state index contributed by atoms with van der Waals surface area (Å²) in [6, 6.07) is -0.452. The van der Waals surface area contributed by atoms with Gasteiger partial charge in [-0.25, -0.2) is 4.79 Å². The first kappa shape index (κ1) is 25.2. The monoisotopic (exact) mass is 379 g/mol. The zero-order valence-electron chi connectivity index (χ0n) is 17.7. The van der Waals surface area contributed by atoms with Gasteiger partial charge in [-0.05, 0) is 45.4 Å². The molecule has 0 aliphatic heterocycles. The molecule has 0 saturated heterocycles. The molecule has 0 fully saturated rings. The van der Waals surface area contributed by atoms with Gasteiger partial charge in [-0.1, -0.05) is 63.3 Å². The van der Waals surface area contributed by atoms with Crippen molar-refractivity contribution in [2.45, 2.75) is 90.5 Å². The van der Waals surface area contributed by atoms with Crippen LogP contribution in [0.2, 0.25) is 0 Å². The molecule has 1 atom stereocenters. The van der Waals surface area contributed by atoms with Gasteiger partial charge < -0.3 is 15.4 Å². The molecular weight excluding hydrogens is 338 g/mol. The van der Waals surface area contributed by atoms with E-state index in [1.54, 1.807) is 14.0 Å². The second-order valence-corrected chi connectivity index (χ2v) is 6.93. The van der Waals surface area contributed by atoms with Gasteiger partial charge in [-0.2, -0.15) is 0 Å². The van der Waals surface area contributed by atoms with Crippen LogP contribution in [0.5, 0.6) is 0 Å². The summed E-state index contributed by atoms with van der Waals surface area (Å²) in [5.41, 5.74) is 5.51. The van der Waals surface area contributed by atoms with Crippen LogP contribution >= 0.6 is 0 Å². The van der Waals surface area contributed by atoms with Gasteiger partial charge in [0.15, 0.2) is 5.96 Å². The Balaban J connectivity index is 3.82. The van der Waals surface area contributed by atoms with Crippen molar-refractivity contribution in [2.24, 2.45) is 5.73 Å². The molecule has 0 aliphatic rings. The molecule has 156 valence electrons. The van der Waals surface area contributed by atoms with E-state index < -0.39 is 6.04 Å². The molecule has 0 aromatic rings. The lowest BCUT2D eigenvalue weighted by atomic mass is 10.1. The average molecular weight is 380 g/mol. The SMILES string of the molecule is CCCCC/C=C\C/C=C\CCCCCCC(C(=O)OCC)N(C)C(=N)N. The van der Waals surface area contributed by atoms with E-state index in [-0.39, 0.29) is 11.9 Å². The van der Waals surface area contributed by atoms with E-state index in [4.69, 9.17) is 15.9 Å². The van der Waals surface area contributed by atoms with Crippen LogP contribution in [0, 0.1) is 5.41 Å². The van der Waals surface area contributed by atoms with Gasteiger partial charge in [-0.3, -0.25) is 5.41 Å². The van der Waals surface area contributed by atoms with Crippen LogP contribution in [0.4, 0.5) is 0 Å². The van der Waals surface area contributed by atoms with Gasteiger partial charge in [0, 0.05) is 7.05 Å². The van der Waals surface area contributed by atoms with Crippen molar-refractivity contribution >= 4 is 11.9 Å². The minimum Gasteiger partial charge on any atom is -0.464 e. The fraction of sp³-hybridized carbons (Fsp3) is 0.727. The van der Waals surface area contributed by atoms with Crippen LogP contribution in [0.25, 0.3) is 0 Å². The van der Waals surface area contributed by atoms with Crippen molar-refractivity contribution in [3.8, 4) is 0 Å². The average Bonchev–Trinajstić information content (AvgIpc) is 2.64. The van der Waals surface area contributed by atoms with E-state index in [1.807, 2.05) is 0 Å². The Morgan fingerprint density at radius 1 is 1.00 bits per heavy atom. The van der Waals surface area contributed by atoms with Crippen molar-refractivity contribution in [3.05, 3.63) is 24.3 Å². The molecular formula is C22H41N3O2. The van der Waals surface area contributed by atoms with Crippen LogP contribution < -0.4 is 5.73 Å². The topological polar surface area (TPSA) is 79.4 Å². The third-order valence-electron chi connectivity index (χ3n) is 4.58. The number of hydrogen-bond donors (Lipinski definition) is 2. The maximum Gasteiger partial charge on any atom is 0.328 e. The molecule has 0 spiro atoms. The van der Waals surface area contributed by atoms with Crippen LogP contribution in [-0.2, 0) is 9.53 Å². The van der Waals surface area contributed by atoms with E-state index in [0.29, 0.717) is 13.0 Å². The number of allylic oxidation sites excluding steroid dienone is 4. The maximum atomic E-state index is 12.0. The van der Waals surface area contributed by atoms with Gasteiger partial charge in [0.1, 0.15) is 6.04 Å². The van der Waals surface area contributed by atoms with Crippen LogP contribution in [0.15, 0.2) is 24.3 Å². The van der Waals surface area contributed by atoms with E-state index in [9.17, 15) is 4.79 Å². The Hall–Kier alpha value is -1.78. The number of nitrogens with two attached hydrogens (primary N) is 1. The third kappa shape index (κ3) is 14.0. The highest BCUT2D eigenvalue weighted by Crippen LogP contribution is 2.12. The number of guanidine groups is 1. The molecule has 5 nitrogen and oxygen atoms in total. The number of ether oxygens (including phenoxy) is 1. The number of rotatable bonds is 16. The predicted octanol–water partition coefficient (Wildman–Crippen LogP) is 5.17. The van der Waals surface area contributed by atoms with E-state index in [0.717, 1.165) is 32.1 Å². The van der Waals surface area contributed by atoms with Gasteiger partial charge in [0.05, 0.1) is 6.61 Å². The fourth-order valence-electron chi connectivity index (χ4n) is 2.85. The normalized spacial score (nSPS) is 12.6. The highest BCUT2D eigenvalue weighted by molar-refractivity contribution is 5.83. The molecule has 0 aliphatic carbocycles. The summed E-state index contributed by atoms with van der Waals surface area (Å²) in [7, 11) is 1.67. The zero-order chi connectivity index (χ0) is 20.3. The molecule has 0 bridgehead atoms. The first-order chi connectivity index (χ1) is 13.0. The number of hydrogen-bond acceptors (Lipinski definition) is 3. The summed E-state index contributed by atoms with van der Waals surface area (Å²) < 4.78 is 5.10. The van der Waals surface area contributed by atoms with Crippen molar-refractivity contribution in [1.29, 1.82) is 5.41 Å². The highest BCUT2D eigenvalue weighted by atomic mass is 16.5. The second kappa shape index (κ2) is 17.6. The van der Waals surface area contributed by atoms with Crippen LogP contribution in [-0.4, -0.2) is 36.5 Å². The molecule has 0 aromatic carbocycles. The van der Waals surface area contributed by atoms with Crippen molar-refractivity contribution in [2.75, 3.05) is 13.7 Å². The van der Waals surface area contributed by atoms with Gasteiger partial charge in [0.25, 0.3) is 0 Å². The zero-order valence-corrected chi connectivity index (χ0v) is 17.7. The molecule has 27 heavy (non-hydrogen) atoms. The third-order valence-corrected chi connectivity index (χ3v) is 4.58. The predicted molar refractivity (Wildman–Crippen MR) is 115 cm³/mol. The number of likely N-dealkylation sites (N-methyl/N-ethyl adjacent to an activating group) is 1. The smallest absolute Gasteiger partial charge is 0.328 e. The molecule has 0 aromatic heterocycles. The maximum absolute atomic E-state index is 12.0. The minimum absolute atomic E-state index is 0.0994. The lowest BCUT2D eigenvalue weighted by Crippen LogP contribution is -2.46. The van der Waals surface area contributed by atoms with Crippen molar-refractivity contribution in [3.63, 3.8) is 0 Å². The standard InChI is InChI=1S/C22H41N3O2/c1-4-6-7-8-9-10-11-12-13-14-15-16-17-18-19-20(21(26)27-5-2)25(3)22(23)24/h9-10,12-13,20H,4-8,11,14-19H2,1-3H3,(H3,23,24)/b10-9-,13-12-. The molecule has 5 heteroatoms. The summed E-state index contributed by atoms with van der Waals surface area (Å²) in [5.74, 6) is -0.390. The lowest BCUT2D eigenvalue weighted by molar-refractivity contribution is -0.148. The number of nitrogens with zero attached hydrogens (tertiary/aromatic N) is 1. The molecule has 0 amide bonds. The molecule has 0 radical (unpaired) electrons. The molecule has 3 N–H and O–H groups in total. The summed E-state index contributed by atoms with van der Waals surface area (Å²) in [4.78, 5) is 13.5. The Bertz CT molecular complexity index is 447. The van der Waals surface area contributed by atoms with E-state index in [1.165, 1.54) is 37.0 Å².